The second kappa shape index (κ2) is 4.39. The van der Waals surface area contributed by atoms with Crippen molar-refractivity contribution >= 4 is 11.7 Å². The van der Waals surface area contributed by atoms with E-state index in [4.69, 9.17) is 5.73 Å². The summed E-state index contributed by atoms with van der Waals surface area (Å²) in [5, 5.41) is 10.7. The van der Waals surface area contributed by atoms with E-state index < -0.39 is 0 Å². The first-order valence-corrected chi connectivity index (χ1v) is 4.81. The highest BCUT2D eigenvalue weighted by Crippen LogP contribution is 2.15. The molecule has 1 amide bonds. The summed E-state index contributed by atoms with van der Waals surface area (Å²) >= 11 is 0. The maximum absolute atomic E-state index is 10.8. The van der Waals surface area contributed by atoms with Crippen LogP contribution in [0.25, 0.3) is 0 Å². The molecule has 0 fully saturated rings. The van der Waals surface area contributed by atoms with Crippen molar-refractivity contribution in [2.45, 2.75) is 27.3 Å². The van der Waals surface area contributed by atoms with E-state index in [0.29, 0.717) is 18.9 Å². The number of carbonyl (C=O) groups excluding carboxylic acids is 1. The van der Waals surface area contributed by atoms with Gasteiger partial charge in [0.2, 0.25) is 5.91 Å². The van der Waals surface area contributed by atoms with Crippen molar-refractivity contribution in [1.29, 1.82) is 0 Å². The molecule has 0 aromatic carbocycles. The fraction of sp³-hybridized carbons (Fsp3) is 0.667. The molecule has 0 bridgehead atoms. The standard InChI is InChI=1S/C9H17N5O/c1-7(15)12-8-4-11-14(13-8)6-9(2,3)5-10/h4H,5-6,10H2,1-3H3,(H,12,13,15). The van der Waals surface area contributed by atoms with Crippen molar-refractivity contribution in [3.8, 4) is 0 Å². The molecular formula is C9H17N5O. The minimum atomic E-state index is -0.153. The lowest BCUT2D eigenvalue weighted by atomic mass is 9.94. The van der Waals surface area contributed by atoms with Gasteiger partial charge in [-0.05, 0) is 12.0 Å². The Labute approximate surface area is 88.8 Å². The number of anilines is 1. The number of amides is 1. The predicted molar refractivity (Wildman–Crippen MR) is 57.2 cm³/mol. The topological polar surface area (TPSA) is 85.8 Å². The molecule has 6 heteroatoms. The van der Waals surface area contributed by atoms with Crippen LogP contribution in [0.1, 0.15) is 20.8 Å². The molecule has 0 aliphatic rings. The average molecular weight is 211 g/mol. The summed E-state index contributed by atoms with van der Waals surface area (Å²) < 4.78 is 0. The molecule has 1 aromatic heterocycles. The molecule has 0 atom stereocenters. The van der Waals surface area contributed by atoms with Gasteiger partial charge in [0, 0.05) is 6.92 Å². The van der Waals surface area contributed by atoms with Crippen LogP contribution in [-0.4, -0.2) is 27.4 Å². The zero-order valence-electron chi connectivity index (χ0n) is 9.32. The average Bonchev–Trinajstić information content (AvgIpc) is 2.50. The van der Waals surface area contributed by atoms with Crippen molar-refractivity contribution in [1.82, 2.24) is 15.0 Å². The zero-order chi connectivity index (χ0) is 11.5. The van der Waals surface area contributed by atoms with Gasteiger partial charge in [-0.25, -0.2) is 0 Å². The summed E-state index contributed by atoms with van der Waals surface area (Å²) in [5.74, 6) is 0.315. The first kappa shape index (κ1) is 11.6. The predicted octanol–water partition coefficient (Wildman–Crippen LogP) is 0.221. The lowest BCUT2D eigenvalue weighted by Gasteiger charge is -2.20. The summed E-state index contributed by atoms with van der Waals surface area (Å²) in [7, 11) is 0. The Morgan fingerprint density at radius 3 is 2.87 bits per heavy atom. The van der Waals surface area contributed by atoms with Gasteiger partial charge in [0.1, 0.15) is 0 Å². The third kappa shape index (κ3) is 3.67. The number of nitrogens with zero attached hydrogens (tertiary/aromatic N) is 3. The first-order chi connectivity index (χ1) is 6.93. The molecule has 0 aliphatic heterocycles. The van der Waals surface area contributed by atoms with E-state index in [9.17, 15) is 4.79 Å². The van der Waals surface area contributed by atoms with E-state index in [2.05, 4.69) is 15.5 Å². The lowest BCUT2D eigenvalue weighted by molar-refractivity contribution is -0.114. The van der Waals surface area contributed by atoms with Crippen LogP contribution in [0.2, 0.25) is 0 Å². The van der Waals surface area contributed by atoms with E-state index >= 15 is 0 Å². The molecule has 1 rings (SSSR count). The third-order valence-electron chi connectivity index (χ3n) is 1.96. The van der Waals surface area contributed by atoms with Gasteiger partial charge < -0.3 is 11.1 Å². The van der Waals surface area contributed by atoms with E-state index in [1.807, 2.05) is 13.8 Å². The highest BCUT2D eigenvalue weighted by atomic mass is 16.1. The molecular weight excluding hydrogens is 194 g/mol. The van der Waals surface area contributed by atoms with Crippen LogP contribution in [0.3, 0.4) is 0 Å². The van der Waals surface area contributed by atoms with Crippen LogP contribution in [0.5, 0.6) is 0 Å². The molecule has 6 nitrogen and oxygen atoms in total. The molecule has 3 N–H and O–H groups in total. The van der Waals surface area contributed by atoms with Gasteiger partial charge in [0.15, 0.2) is 5.82 Å². The van der Waals surface area contributed by atoms with Gasteiger partial charge in [-0.2, -0.15) is 9.90 Å². The molecule has 1 aromatic rings. The fourth-order valence-corrected chi connectivity index (χ4v) is 1.06. The van der Waals surface area contributed by atoms with Crippen LogP contribution >= 0.6 is 0 Å². The minimum Gasteiger partial charge on any atom is -0.330 e. The molecule has 84 valence electrons. The van der Waals surface area contributed by atoms with Gasteiger partial charge >= 0.3 is 0 Å². The normalized spacial score (nSPS) is 11.5. The van der Waals surface area contributed by atoms with E-state index in [1.54, 1.807) is 0 Å². The molecule has 1 heterocycles. The second-order valence-corrected chi connectivity index (χ2v) is 4.31. The van der Waals surface area contributed by atoms with Gasteiger partial charge in [0.25, 0.3) is 0 Å². The van der Waals surface area contributed by atoms with E-state index in [1.165, 1.54) is 17.9 Å². The van der Waals surface area contributed by atoms with Crippen molar-refractivity contribution in [3.05, 3.63) is 6.20 Å². The monoisotopic (exact) mass is 211 g/mol. The molecule has 0 saturated heterocycles. The minimum absolute atomic E-state index is 0.0491. The zero-order valence-corrected chi connectivity index (χ0v) is 9.32. The summed E-state index contributed by atoms with van der Waals surface area (Å²) in [4.78, 5) is 12.3. The fourth-order valence-electron chi connectivity index (χ4n) is 1.06. The van der Waals surface area contributed by atoms with Crippen molar-refractivity contribution in [2.75, 3.05) is 11.9 Å². The maximum Gasteiger partial charge on any atom is 0.222 e. The molecule has 0 spiro atoms. The molecule has 15 heavy (non-hydrogen) atoms. The SMILES string of the molecule is CC(=O)Nc1cnn(CC(C)(C)CN)n1. The largest absolute Gasteiger partial charge is 0.330 e. The van der Waals surface area contributed by atoms with Gasteiger partial charge in [-0.15, -0.1) is 5.10 Å². The Morgan fingerprint density at radius 1 is 1.67 bits per heavy atom. The van der Waals surface area contributed by atoms with Crippen LogP contribution in [-0.2, 0) is 11.3 Å². The van der Waals surface area contributed by atoms with Gasteiger partial charge in [0.05, 0.1) is 12.7 Å². The molecule has 0 saturated carbocycles. The third-order valence-corrected chi connectivity index (χ3v) is 1.96. The van der Waals surface area contributed by atoms with Gasteiger partial charge in [-0.1, -0.05) is 13.8 Å². The van der Waals surface area contributed by atoms with Crippen LogP contribution in [0.4, 0.5) is 5.82 Å². The molecule has 0 aliphatic carbocycles. The van der Waals surface area contributed by atoms with Crippen molar-refractivity contribution in [3.63, 3.8) is 0 Å². The number of rotatable bonds is 4. The summed E-state index contributed by atoms with van der Waals surface area (Å²) in [6.45, 7) is 6.69. The highest BCUT2D eigenvalue weighted by molar-refractivity contribution is 5.87. The Morgan fingerprint density at radius 2 is 2.33 bits per heavy atom. The number of hydrogen-bond donors (Lipinski definition) is 2. The quantitative estimate of drug-likeness (QED) is 0.746. The highest BCUT2D eigenvalue weighted by Gasteiger charge is 2.17. The number of hydrogen-bond acceptors (Lipinski definition) is 4. The number of nitrogens with one attached hydrogen (secondary N) is 1. The molecule has 0 radical (unpaired) electrons. The number of aromatic nitrogens is 3. The number of nitrogens with two attached hydrogens (primary N) is 1. The smallest absolute Gasteiger partial charge is 0.222 e. The Bertz CT molecular complexity index is 344. The maximum atomic E-state index is 10.8. The van der Waals surface area contributed by atoms with E-state index in [-0.39, 0.29) is 11.3 Å². The number of carbonyl (C=O) groups is 1. The summed E-state index contributed by atoms with van der Waals surface area (Å²) in [6.07, 6.45) is 1.52. The Balaban J connectivity index is 2.64. The van der Waals surface area contributed by atoms with Crippen molar-refractivity contribution < 1.29 is 4.79 Å². The van der Waals surface area contributed by atoms with Crippen LogP contribution < -0.4 is 11.1 Å². The van der Waals surface area contributed by atoms with E-state index in [0.717, 1.165) is 0 Å². The second-order valence-electron chi connectivity index (χ2n) is 4.31. The molecule has 0 unspecified atom stereocenters. The Hall–Kier alpha value is -1.43. The van der Waals surface area contributed by atoms with Crippen molar-refractivity contribution in [2.24, 2.45) is 11.1 Å². The van der Waals surface area contributed by atoms with Gasteiger partial charge in [-0.3, -0.25) is 4.79 Å². The Kier molecular flexibility index (Phi) is 3.41. The first-order valence-electron chi connectivity index (χ1n) is 4.81. The summed E-state index contributed by atoms with van der Waals surface area (Å²) in [6, 6.07) is 0. The lowest BCUT2D eigenvalue weighted by Crippen LogP contribution is -2.29. The summed E-state index contributed by atoms with van der Waals surface area (Å²) in [5.41, 5.74) is 5.55. The van der Waals surface area contributed by atoms with Crippen LogP contribution in [0.15, 0.2) is 6.20 Å². The van der Waals surface area contributed by atoms with Crippen LogP contribution in [0, 0.1) is 5.41 Å².